The molecule has 0 aliphatic carbocycles. The maximum absolute atomic E-state index is 13.0. The number of ether oxygens (including phenoxy) is 1. The SMILES string of the molecule is COCc1nn2c(nnc3c(=O)n(CCc4cccs4)ccc32)c1-c1ccc(Cl)cc1. The second-order valence-electron chi connectivity index (χ2n) is 7.07. The zero-order valence-corrected chi connectivity index (χ0v) is 18.2. The third-order valence-corrected chi connectivity index (χ3v) is 6.31. The Morgan fingerprint density at radius 3 is 2.71 bits per heavy atom. The Morgan fingerprint density at radius 2 is 1.97 bits per heavy atom. The maximum Gasteiger partial charge on any atom is 0.280 e. The van der Waals surface area contributed by atoms with Crippen molar-refractivity contribution >= 4 is 39.6 Å². The van der Waals surface area contributed by atoms with Gasteiger partial charge in [-0.15, -0.1) is 21.5 Å². The predicted octanol–water partition coefficient (Wildman–Crippen LogP) is 4.21. The molecule has 5 aromatic rings. The third kappa shape index (κ3) is 3.63. The largest absolute Gasteiger partial charge is 0.378 e. The summed E-state index contributed by atoms with van der Waals surface area (Å²) in [5, 5.41) is 16.0. The van der Waals surface area contributed by atoms with Crippen molar-refractivity contribution in [2.45, 2.75) is 19.6 Å². The molecule has 0 N–H and O–H groups in total. The number of fused-ring (bicyclic) bond motifs is 3. The van der Waals surface area contributed by atoms with Gasteiger partial charge < -0.3 is 9.30 Å². The van der Waals surface area contributed by atoms with Gasteiger partial charge in [0.05, 0.1) is 17.9 Å². The van der Waals surface area contributed by atoms with Crippen LogP contribution in [0.3, 0.4) is 0 Å². The number of methoxy groups -OCH3 is 1. The highest BCUT2D eigenvalue weighted by Gasteiger charge is 2.19. The minimum absolute atomic E-state index is 0.180. The molecule has 0 saturated heterocycles. The van der Waals surface area contributed by atoms with E-state index in [0.29, 0.717) is 35.0 Å². The summed E-state index contributed by atoms with van der Waals surface area (Å²) in [4.78, 5) is 14.3. The van der Waals surface area contributed by atoms with Gasteiger partial charge in [-0.2, -0.15) is 5.10 Å². The van der Waals surface area contributed by atoms with Crippen LogP contribution in [0.4, 0.5) is 0 Å². The monoisotopic (exact) mass is 451 g/mol. The summed E-state index contributed by atoms with van der Waals surface area (Å²) < 4.78 is 8.69. The molecule has 4 aromatic heterocycles. The van der Waals surface area contributed by atoms with Gasteiger partial charge in [-0.25, -0.2) is 4.52 Å². The van der Waals surface area contributed by atoms with Crippen LogP contribution in [0.1, 0.15) is 10.6 Å². The predicted molar refractivity (Wildman–Crippen MR) is 122 cm³/mol. The summed E-state index contributed by atoms with van der Waals surface area (Å²) in [5.41, 5.74) is 3.72. The van der Waals surface area contributed by atoms with Crippen LogP contribution in [0.15, 0.2) is 58.8 Å². The Bertz CT molecular complexity index is 1420. The molecule has 0 radical (unpaired) electrons. The first-order valence-electron chi connectivity index (χ1n) is 9.70. The van der Waals surface area contributed by atoms with Gasteiger partial charge >= 0.3 is 0 Å². The van der Waals surface area contributed by atoms with E-state index in [4.69, 9.17) is 21.4 Å². The van der Waals surface area contributed by atoms with Crippen molar-refractivity contribution in [3.05, 3.63) is 80.0 Å². The molecule has 1 aromatic carbocycles. The summed E-state index contributed by atoms with van der Waals surface area (Å²) in [5.74, 6) is 0. The van der Waals surface area contributed by atoms with Gasteiger partial charge in [0.15, 0.2) is 11.2 Å². The summed E-state index contributed by atoms with van der Waals surface area (Å²) in [6.45, 7) is 0.889. The summed E-state index contributed by atoms with van der Waals surface area (Å²) >= 11 is 7.73. The van der Waals surface area contributed by atoms with Gasteiger partial charge in [0.25, 0.3) is 5.56 Å². The Morgan fingerprint density at radius 1 is 1.13 bits per heavy atom. The highest BCUT2D eigenvalue weighted by molar-refractivity contribution is 7.09. The lowest BCUT2D eigenvalue weighted by atomic mass is 10.1. The highest BCUT2D eigenvalue weighted by Crippen LogP contribution is 2.30. The number of nitrogens with zero attached hydrogens (tertiary/aromatic N) is 5. The van der Waals surface area contributed by atoms with E-state index in [1.54, 1.807) is 33.7 Å². The van der Waals surface area contributed by atoms with E-state index >= 15 is 0 Å². The zero-order chi connectivity index (χ0) is 21.4. The molecule has 0 fully saturated rings. The Balaban J connectivity index is 1.64. The molecular formula is C22H18ClN5O2S. The molecular weight excluding hydrogens is 434 g/mol. The summed E-state index contributed by atoms with van der Waals surface area (Å²) in [6.07, 6.45) is 2.58. The van der Waals surface area contributed by atoms with Gasteiger partial charge in [-0.1, -0.05) is 29.8 Å². The first-order chi connectivity index (χ1) is 15.2. The summed E-state index contributed by atoms with van der Waals surface area (Å²) in [6, 6.07) is 13.4. The lowest BCUT2D eigenvalue weighted by molar-refractivity contribution is 0.181. The topological polar surface area (TPSA) is 74.3 Å². The fraction of sp³-hybridized carbons (Fsp3) is 0.182. The van der Waals surface area contributed by atoms with Crippen LogP contribution in [-0.4, -0.2) is 31.5 Å². The Hall–Kier alpha value is -3.07. The number of thiophene rings is 1. The van der Waals surface area contributed by atoms with Crippen LogP contribution in [0.2, 0.25) is 5.02 Å². The molecule has 0 bridgehead atoms. The minimum atomic E-state index is -0.180. The maximum atomic E-state index is 13.0. The van der Waals surface area contributed by atoms with E-state index in [1.165, 1.54) is 4.88 Å². The quantitative estimate of drug-likeness (QED) is 0.386. The van der Waals surface area contributed by atoms with Gasteiger partial charge in [0, 0.05) is 29.8 Å². The normalized spacial score (nSPS) is 11.5. The lowest BCUT2D eigenvalue weighted by Crippen LogP contribution is -2.22. The smallest absolute Gasteiger partial charge is 0.280 e. The Kier molecular flexibility index (Phi) is 5.27. The molecule has 9 heteroatoms. The van der Waals surface area contributed by atoms with Crippen molar-refractivity contribution in [3.63, 3.8) is 0 Å². The van der Waals surface area contributed by atoms with E-state index in [0.717, 1.165) is 17.5 Å². The molecule has 0 spiro atoms. The van der Waals surface area contributed by atoms with Crippen molar-refractivity contribution in [3.8, 4) is 11.1 Å². The van der Waals surface area contributed by atoms with Crippen molar-refractivity contribution in [1.29, 1.82) is 0 Å². The number of rotatable bonds is 6. The lowest BCUT2D eigenvalue weighted by Gasteiger charge is -2.07. The first-order valence-corrected chi connectivity index (χ1v) is 11.0. The second kappa shape index (κ2) is 8.22. The molecule has 31 heavy (non-hydrogen) atoms. The highest BCUT2D eigenvalue weighted by atomic mass is 35.5. The number of benzene rings is 1. The van der Waals surface area contributed by atoms with Gasteiger partial charge in [0.1, 0.15) is 5.52 Å². The number of halogens is 1. The average molecular weight is 452 g/mol. The minimum Gasteiger partial charge on any atom is -0.378 e. The van der Waals surface area contributed by atoms with Crippen LogP contribution in [0.5, 0.6) is 0 Å². The third-order valence-electron chi connectivity index (χ3n) is 5.12. The van der Waals surface area contributed by atoms with Gasteiger partial charge in [-0.3, -0.25) is 4.79 Å². The number of pyridine rings is 1. The first kappa shape index (κ1) is 19.9. The summed E-state index contributed by atoms with van der Waals surface area (Å²) in [7, 11) is 1.62. The fourth-order valence-corrected chi connectivity index (χ4v) is 4.46. The molecule has 0 aliphatic heterocycles. The van der Waals surface area contributed by atoms with Crippen LogP contribution in [0, 0.1) is 0 Å². The van der Waals surface area contributed by atoms with E-state index in [-0.39, 0.29) is 11.1 Å². The van der Waals surface area contributed by atoms with Gasteiger partial charge in [-0.05, 0) is 41.6 Å². The fourth-order valence-electron chi connectivity index (χ4n) is 3.64. The van der Waals surface area contributed by atoms with Crippen molar-refractivity contribution < 1.29 is 4.74 Å². The van der Waals surface area contributed by atoms with E-state index in [1.807, 2.05) is 41.8 Å². The van der Waals surface area contributed by atoms with Gasteiger partial charge in [0.2, 0.25) is 0 Å². The molecule has 4 heterocycles. The van der Waals surface area contributed by atoms with E-state index < -0.39 is 0 Å². The van der Waals surface area contributed by atoms with Crippen molar-refractivity contribution in [2.75, 3.05) is 7.11 Å². The Labute approximate surface area is 186 Å². The van der Waals surface area contributed by atoms with Crippen molar-refractivity contribution in [2.24, 2.45) is 0 Å². The standard InChI is InChI=1S/C22H18ClN5O2S/c1-30-13-17-19(14-4-6-15(23)7-5-14)21-25-24-20-18(28(21)26-17)9-11-27(22(20)29)10-8-16-3-2-12-31-16/h2-7,9,11-12H,8,10,13H2,1H3. The average Bonchev–Trinajstić information content (AvgIpc) is 3.42. The molecule has 7 nitrogen and oxygen atoms in total. The molecule has 0 aliphatic rings. The van der Waals surface area contributed by atoms with Crippen LogP contribution >= 0.6 is 22.9 Å². The van der Waals surface area contributed by atoms with Crippen LogP contribution in [0.25, 0.3) is 27.8 Å². The molecule has 0 amide bonds. The number of aromatic nitrogens is 5. The molecule has 0 unspecified atom stereocenters. The molecule has 156 valence electrons. The second-order valence-corrected chi connectivity index (χ2v) is 8.54. The number of aryl methyl sites for hydroxylation is 2. The van der Waals surface area contributed by atoms with Crippen molar-refractivity contribution in [1.82, 2.24) is 24.4 Å². The van der Waals surface area contributed by atoms with E-state index in [2.05, 4.69) is 16.3 Å². The number of hydrogen-bond donors (Lipinski definition) is 0. The van der Waals surface area contributed by atoms with Crippen LogP contribution < -0.4 is 5.56 Å². The van der Waals surface area contributed by atoms with E-state index in [9.17, 15) is 4.79 Å². The number of hydrogen-bond acceptors (Lipinski definition) is 6. The zero-order valence-electron chi connectivity index (χ0n) is 16.7. The van der Waals surface area contributed by atoms with Crippen LogP contribution in [-0.2, 0) is 24.3 Å². The molecule has 5 rings (SSSR count). The molecule has 0 atom stereocenters. The molecule has 0 saturated carbocycles.